The number of nitrogens with zero attached hydrogens (tertiary/aromatic N) is 2. The molecule has 2 aromatic rings. The second-order valence-corrected chi connectivity index (χ2v) is 8.27. The summed E-state index contributed by atoms with van der Waals surface area (Å²) in [7, 11) is -0.767. The van der Waals surface area contributed by atoms with Crippen molar-refractivity contribution in [2.75, 3.05) is 17.7 Å². The number of rotatable bonds is 4. The summed E-state index contributed by atoms with van der Waals surface area (Å²) in [5, 5.41) is 0. The van der Waals surface area contributed by atoms with Crippen molar-refractivity contribution in [1.82, 2.24) is 9.55 Å². The molecule has 2 rings (SSSR count). The van der Waals surface area contributed by atoms with Crippen molar-refractivity contribution in [3.63, 3.8) is 0 Å². The molecule has 0 amide bonds. The molecule has 0 saturated heterocycles. The zero-order chi connectivity index (χ0) is 15.8. The number of benzene rings is 1. The fourth-order valence-corrected chi connectivity index (χ4v) is 3.23. The van der Waals surface area contributed by atoms with Crippen LogP contribution in [0.4, 0.5) is 5.69 Å². The standard InChI is InChI=1S/C16H25N3OS/c1-11(8-9-21(5)20)19-14-7-6-12(17)10-13(14)18-15(19)16(2,3)4/h6-7,10-11H,8-9,17H2,1-5H3. The molecule has 1 aromatic heterocycles. The zero-order valence-electron chi connectivity index (χ0n) is 13.5. The number of hydrogen-bond acceptors (Lipinski definition) is 3. The predicted octanol–water partition coefficient (Wildman–Crippen LogP) is 3.25. The lowest BCUT2D eigenvalue weighted by Gasteiger charge is -2.24. The first-order chi connectivity index (χ1) is 9.70. The molecule has 0 aliphatic rings. The van der Waals surface area contributed by atoms with Gasteiger partial charge in [0.25, 0.3) is 0 Å². The Balaban J connectivity index is 2.55. The van der Waals surface area contributed by atoms with Crippen LogP contribution in [0, 0.1) is 0 Å². The quantitative estimate of drug-likeness (QED) is 0.882. The molecule has 4 nitrogen and oxygen atoms in total. The van der Waals surface area contributed by atoms with Gasteiger partial charge in [0, 0.05) is 40.0 Å². The number of imidazole rings is 1. The van der Waals surface area contributed by atoms with Gasteiger partial charge in [0.05, 0.1) is 11.0 Å². The molecule has 0 spiro atoms. The molecule has 5 heteroatoms. The number of hydrogen-bond donors (Lipinski definition) is 1. The fourth-order valence-electron chi connectivity index (χ4n) is 2.56. The summed E-state index contributed by atoms with van der Waals surface area (Å²) in [5.74, 6) is 1.76. The van der Waals surface area contributed by atoms with Crippen LogP contribution in [-0.4, -0.2) is 25.8 Å². The van der Waals surface area contributed by atoms with E-state index in [0.717, 1.165) is 29.0 Å². The molecule has 0 fully saturated rings. The first kappa shape index (κ1) is 16.0. The minimum atomic E-state index is -0.767. The second-order valence-electron chi connectivity index (χ2n) is 6.72. The van der Waals surface area contributed by atoms with E-state index in [1.54, 1.807) is 6.26 Å². The smallest absolute Gasteiger partial charge is 0.115 e. The van der Waals surface area contributed by atoms with Crippen molar-refractivity contribution in [3.05, 3.63) is 24.0 Å². The van der Waals surface area contributed by atoms with Gasteiger partial charge in [-0.1, -0.05) is 20.8 Å². The van der Waals surface area contributed by atoms with Gasteiger partial charge in [0.1, 0.15) is 5.82 Å². The average Bonchev–Trinajstić information content (AvgIpc) is 2.74. The van der Waals surface area contributed by atoms with Crippen LogP contribution in [-0.2, 0) is 16.2 Å². The largest absolute Gasteiger partial charge is 0.399 e. The molecular formula is C16H25N3OS. The summed E-state index contributed by atoms with van der Waals surface area (Å²) in [6, 6.07) is 6.13. The summed E-state index contributed by atoms with van der Waals surface area (Å²) in [4.78, 5) is 4.80. The highest BCUT2D eigenvalue weighted by Gasteiger charge is 2.25. The molecule has 0 radical (unpaired) electrons. The number of nitrogen functional groups attached to an aromatic ring is 1. The van der Waals surface area contributed by atoms with Crippen molar-refractivity contribution >= 4 is 27.5 Å². The number of anilines is 1. The van der Waals surface area contributed by atoms with Crippen LogP contribution in [0.25, 0.3) is 11.0 Å². The van der Waals surface area contributed by atoms with Gasteiger partial charge in [0.15, 0.2) is 0 Å². The first-order valence-corrected chi connectivity index (χ1v) is 9.01. The van der Waals surface area contributed by atoms with Crippen molar-refractivity contribution < 1.29 is 4.21 Å². The summed E-state index contributed by atoms with van der Waals surface area (Å²) >= 11 is 0. The molecule has 2 unspecified atom stereocenters. The monoisotopic (exact) mass is 307 g/mol. The SMILES string of the molecule is CC(CCS(C)=O)n1c(C(C)(C)C)nc2cc(N)ccc21. The van der Waals surface area contributed by atoms with E-state index >= 15 is 0 Å². The Bertz CT molecular complexity index is 670. The third-order valence-corrected chi connectivity index (χ3v) is 4.46. The number of aromatic nitrogens is 2. The summed E-state index contributed by atoms with van der Waals surface area (Å²) in [6.45, 7) is 8.66. The Morgan fingerprint density at radius 3 is 2.62 bits per heavy atom. The van der Waals surface area contributed by atoms with Crippen LogP contribution >= 0.6 is 0 Å². The third kappa shape index (κ3) is 3.46. The normalized spacial score (nSPS) is 15.3. The van der Waals surface area contributed by atoms with Crippen molar-refractivity contribution in [1.29, 1.82) is 0 Å². The van der Waals surface area contributed by atoms with Gasteiger partial charge in [-0.05, 0) is 31.5 Å². The molecular weight excluding hydrogens is 282 g/mol. The molecule has 1 aromatic carbocycles. The Morgan fingerprint density at radius 2 is 2.05 bits per heavy atom. The van der Waals surface area contributed by atoms with Gasteiger partial charge < -0.3 is 10.3 Å². The van der Waals surface area contributed by atoms with Crippen LogP contribution in [0.3, 0.4) is 0 Å². The van der Waals surface area contributed by atoms with Crippen molar-refractivity contribution in [3.8, 4) is 0 Å². The lowest BCUT2D eigenvalue weighted by molar-refractivity contribution is 0.453. The third-order valence-electron chi connectivity index (χ3n) is 3.65. The maximum Gasteiger partial charge on any atom is 0.115 e. The van der Waals surface area contributed by atoms with Gasteiger partial charge in [-0.15, -0.1) is 0 Å². The summed E-state index contributed by atoms with van der Waals surface area (Å²) in [6.07, 6.45) is 2.63. The van der Waals surface area contributed by atoms with Gasteiger partial charge in [0.2, 0.25) is 0 Å². The first-order valence-electron chi connectivity index (χ1n) is 7.28. The van der Waals surface area contributed by atoms with Gasteiger partial charge in [-0.25, -0.2) is 4.98 Å². The van der Waals surface area contributed by atoms with E-state index in [2.05, 4.69) is 32.3 Å². The highest BCUT2D eigenvalue weighted by Crippen LogP contribution is 2.31. The maximum atomic E-state index is 11.4. The Morgan fingerprint density at radius 1 is 1.38 bits per heavy atom. The Hall–Kier alpha value is -1.36. The molecule has 21 heavy (non-hydrogen) atoms. The van der Waals surface area contributed by atoms with Gasteiger partial charge >= 0.3 is 0 Å². The average molecular weight is 307 g/mol. The molecule has 2 atom stereocenters. The molecule has 0 saturated carbocycles. The molecule has 0 bridgehead atoms. The Labute approximate surface area is 129 Å². The zero-order valence-corrected chi connectivity index (χ0v) is 14.3. The Kier molecular flexibility index (Phi) is 4.42. The van der Waals surface area contributed by atoms with E-state index in [1.807, 2.05) is 18.2 Å². The minimum absolute atomic E-state index is 0.0482. The van der Waals surface area contributed by atoms with Crippen LogP contribution in [0.5, 0.6) is 0 Å². The minimum Gasteiger partial charge on any atom is -0.399 e. The number of fused-ring (bicyclic) bond motifs is 1. The molecule has 0 aliphatic carbocycles. The van der Waals surface area contributed by atoms with Crippen LogP contribution in [0.2, 0.25) is 0 Å². The summed E-state index contributed by atoms with van der Waals surface area (Å²) < 4.78 is 13.7. The fraction of sp³-hybridized carbons (Fsp3) is 0.562. The molecule has 1 heterocycles. The van der Waals surface area contributed by atoms with E-state index < -0.39 is 10.8 Å². The van der Waals surface area contributed by atoms with Crippen LogP contribution in [0.1, 0.15) is 46.0 Å². The van der Waals surface area contributed by atoms with E-state index in [0.29, 0.717) is 5.75 Å². The second kappa shape index (κ2) is 5.79. The molecule has 2 N–H and O–H groups in total. The highest BCUT2D eigenvalue weighted by atomic mass is 32.2. The number of nitrogens with two attached hydrogens (primary N) is 1. The van der Waals surface area contributed by atoms with Gasteiger partial charge in [-0.2, -0.15) is 0 Å². The van der Waals surface area contributed by atoms with E-state index in [-0.39, 0.29) is 11.5 Å². The highest BCUT2D eigenvalue weighted by molar-refractivity contribution is 7.84. The topological polar surface area (TPSA) is 60.9 Å². The van der Waals surface area contributed by atoms with Crippen LogP contribution in [0.15, 0.2) is 18.2 Å². The van der Waals surface area contributed by atoms with Crippen molar-refractivity contribution in [2.24, 2.45) is 0 Å². The van der Waals surface area contributed by atoms with E-state index in [9.17, 15) is 4.21 Å². The van der Waals surface area contributed by atoms with E-state index in [4.69, 9.17) is 10.7 Å². The van der Waals surface area contributed by atoms with Crippen LogP contribution < -0.4 is 5.73 Å². The summed E-state index contributed by atoms with van der Waals surface area (Å²) in [5.41, 5.74) is 8.60. The maximum absolute atomic E-state index is 11.4. The van der Waals surface area contributed by atoms with Crippen molar-refractivity contribution in [2.45, 2.75) is 45.6 Å². The predicted molar refractivity (Wildman–Crippen MR) is 91.1 cm³/mol. The molecule has 116 valence electrons. The lowest BCUT2D eigenvalue weighted by atomic mass is 9.95. The molecule has 0 aliphatic heterocycles. The van der Waals surface area contributed by atoms with Gasteiger partial charge in [-0.3, -0.25) is 4.21 Å². The lowest BCUT2D eigenvalue weighted by Crippen LogP contribution is -2.22. The van der Waals surface area contributed by atoms with E-state index in [1.165, 1.54) is 0 Å².